The van der Waals surface area contributed by atoms with E-state index < -0.39 is 6.10 Å². The summed E-state index contributed by atoms with van der Waals surface area (Å²) in [6.07, 6.45) is 4.69. The Bertz CT molecular complexity index is 979. The maximum atomic E-state index is 10.3. The normalized spacial score (nSPS) is 12.1. The van der Waals surface area contributed by atoms with Gasteiger partial charge in [0.25, 0.3) is 0 Å². The van der Waals surface area contributed by atoms with Crippen molar-refractivity contribution in [3.05, 3.63) is 58.7 Å². The van der Waals surface area contributed by atoms with Gasteiger partial charge in [-0.05, 0) is 45.2 Å². The Morgan fingerprint density at radius 1 is 0.781 bits per heavy atom. The number of benzene rings is 2. The quantitative estimate of drug-likeness (QED) is 0.388. The molecule has 0 spiro atoms. The van der Waals surface area contributed by atoms with Gasteiger partial charge in [0, 0.05) is 11.1 Å². The van der Waals surface area contributed by atoms with E-state index >= 15 is 0 Å². The minimum atomic E-state index is -0.530. The second-order valence-corrected chi connectivity index (χ2v) is 8.72. The third-order valence-electron chi connectivity index (χ3n) is 5.66. The van der Waals surface area contributed by atoms with E-state index in [-0.39, 0.29) is 12.6 Å². The van der Waals surface area contributed by atoms with Crippen molar-refractivity contribution in [1.29, 1.82) is 0 Å². The first kappa shape index (κ1) is 23.9. The summed E-state index contributed by atoms with van der Waals surface area (Å²) in [6, 6.07) is 12.7. The summed E-state index contributed by atoms with van der Waals surface area (Å²) in [5.41, 5.74) is 6.49. The largest absolute Gasteiger partial charge is 0.461 e. The Morgan fingerprint density at radius 2 is 1.34 bits per heavy atom. The number of aliphatic hydroxyl groups is 1. The van der Waals surface area contributed by atoms with Crippen LogP contribution in [0.4, 0.5) is 0 Å². The fourth-order valence-corrected chi connectivity index (χ4v) is 3.85. The SMILES string of the molecule is CCCCCCC(O)COc1nc(-c2ccc(C)cc2C)nc(-c2ccc(C)cc2C)n1. The van der Waals surface area contributed by atoms with Crippen LogP contribution in [0.15, 0.2) is 36.4 Å². The highest BCUT2D eigenvalue weighted by Gasteiger charge is 2.15. The lowest BCUT2D eigenvalue weighted by Crippen LogP contribution is -2.18. The number of hydrogen-bond acceptors (Lipinski definition) is 5. The molecular weight excluding hydrogens is 398 g/mol. The molecule has 1 aromatic heterocycles. The maximum absolute atomic E-state index is 10.3. The molecule has 3 aromatic rings. The number of nitrogens with zero attached hydrogens (tertiary/aromatic N) is 3. The minimum Gasteiger partial charge on any atom is -0.461 e. The van der Waals surface area contributed by atoms with Crippen molar-refractivity contribution >= 4 is 0 Å². The predicted octanol–water partition coefficient (Wildman–Crippen LogP) is 6.15. The van der Waals surface area contributed by atoms with Gasteiger partial charge < -0.3 is 9.84 Å². The van der Waals surface area contributed by atoms with Gasteiger partial charge in [-0.1, -0.05) is 80.1 Å². The van der Waals surface area contributed by atoms with E-state index in [0.29, 0.717) is 11.6 Å². The monoisotopic (exact) mass is 433 g/mol. The molecule has 0 aliphatic carbocycles. The standard InChI is InChI=1S/C27H35N3O2/c1-6-7-8-9-10-22(31)17-32-27-29-25(23-13-11-18(2)15-20(23)4)28-26(30-27)24-14-12-19(3)16-21(24)5/h11-16,22,31H,6-10,17H2,1-5H3. The molecule has 0 saturated heterocycles. The number of aliphatic hydroxyl groups excluding tert-OH is 1. The molecule has 0 bridgehead atoms. The van der Waals surface area contributed by atoms with Crippen LogP contribution in [0.5, 0.6) is 6.01 Å². The van der Waals surface area contributed by atoms with Crippen LogP contribution in [0, 0.1) is 27.7 Å². The fraction of sp³-hybridized carbons (Fsp3) is 0.444. The van der Waals surface area contributed by atoms with Gasteiger partial charge >= 0.3 is 6.01 Å². The van der Waals surface area contributed by atoms with Gasteiger partial charge in [-0.15, -0.1) is 0 Å². The zero-order chi connectivity index (χ0) is 23.1. The smallest absolute Gasteiger partial charge is 0.320 e. The summed E-state index contributed by atoms with van der Waals surface area (Å²) < 4.78 is 5.86. The first-order valence-corrected chi connectivity index (χ1v) is 11.6. The maximum Gasteiger partial charge on any atom is 0.320 e. The van der Waals surface area contributed by atoms with Crippen LogP contribution >= 0.6 is 0 Å². The summed E-state index contributed by atoms with van der Waals surface area (Å²) in [7, 11) is 0. The first-order valence-electron chi connectivity index (χ1n) is 11.6. The molecule has 5 heteroatoms. The van der Waals surface area contributed by atoms with Gasteiger partial charge in [0.05, 0.1) is 6.10 Å². The minimum absolute atomic E-state index is 0.175. The molecule has 170 valence electrons. The first-order chi connectivity index (χ1) is 15.4. The van der Waals surface area contributed by atoms with Gasteiger partial charge in [0.2, 0.25) is 0 Å². The fourth-order valence-electron chi connectivity index (χ4n) is 3.85. The molecule has 0 aliphatic heterocycles. The lowest BCUT2D eigenvalue weighted by Gasteiger charge is -2.14. The van der Waals surface area contributed by atoms with E-state index in [2.05, 4.69) is 68.9 Å². The topological polar surface area (TPSA) is 68.1 Å². The Morgan fingerprint density at radius 3 is 1.84 bits per heavy atom. The third-order valence-corrected chi connectivity index (χ3v) is 5.66. The molecule has 1 heterocycles. The second-order valence-electron chi connectivity index (χ2n) is 8.72. The Hall–Kier alpha value is -2.79. The zero-order valence-electron chi connectivity index (χ0n) is 20.0. The highest BCUT2D eigenvalue weighted by Crippen LogP contribution is 2.27. The number of hydrogen-bond donors (Lipinski definition) is 1. The van der Waals surface area contributed by atoms with Crippen molar-refractivity contribution in [2.24, 2.45) is 0 Å². The average molecular weight is 434 g/mol. The van der Waals surface area contributed by atoms with E-state index in [1.807, 2.05) is 12.1 Å². The van der Waals surface area contributed by atoms with Gasteiger partial charge in [0.15, 0.2) is 11.6 Å². The average Bonchev–Trinajstić information content (AvgIpc) is 2.75. The van der Waals surface area contributed by atoms with Crippen LogP contribution in [0.1, 0.15) is 61.3 Å². The van der Waals surface area contributed by atoms with Crippen molar-refractivity contribution < 1.29 is 9.84 Å². The molecule has 5 nitrogen and oxygen atoms in total. The molecule has 2 aromatic carbocycles. The molecule has 0 fully saturated rings. The Kier molecular flexibility index (Phi) is 8.34. The number of aryl methyl sites for hydroxylation is 4. The van der Waals surface area contributed by atoms with E-state index in [9.17, 15) is 5.11 Å². The molecule has 1 atom stereocenters. The van der Waals surface area contributed by atoms with Gasteiger partial charge in [-0.2, -0.15) is 9.97 Å². The highest BCUT2D eigenvalue weighted by molar-refractivity contribution is 5.66. The lowest BCUT2D eigenvalue weighted by atomic mass is 10.0. The number of rotatable bonds is 10. The zero-order valence-corrected chi connectivity index (χ0v) is 20.0. The van der Waals surface area contributed by atoms with Gasteiger partial charge in [-0.25, -0.2) is 4.98 Å². The van der Waals surface area contributed by atoms with Crippen molar-refractivity contribution in [2.75, 3.05) is 6.61 Å². The molecule has 0 saturated carbocycles. The van der Waals surface area contributed by atoms with E-state index in [0.717, 1.165) is 41.5 Å². The Balaban J connectivity index is 1.90. The van der Waals surface area contributed by atoms with Crippen LogP contribution in [0.25, 0.3) is 22.8 Å². The van der Waals surface area contributed by atoms with Gasteiger partial charge in [-0.3, -0.25) is 0 Å². The molecule has 0 aliphatic rings. The van der Waals surface area contributed by atoms with Crippen LogP contribution in [0.3, 0.4) is 0 Å². The summed E-state index contributed by atoms with van der Waals surface area (Å²) in [6.45, 7) is 10.6. The molecule has 1 unspecified atom stereocenters. The highest BCUT2D eigenvalue weighted by atomic mass is 16.5. The van der Waals surface area contributed by atoms with E-state index in [4.69, 9.17) is 9.72 Å². The summed E-state index contributed by atoms with van der Waals surface area (Å²) in [4.78, 5) is 14.0. The molecule has 0 radical (unpaired) electrons. The van der Waals surface area contributed by atoms with Crippen LogP contribution in [-0.4, -0.2) is 32.8 Å². The van der Waals surface area contributed by atoms with Crippen molar-refractivity contribution in [3.8, 4) is 28.8 Å². The number of unbranched alkanes of at least 4 members (excludes halogenated alkanes) is 3. The summed E-state index contributed by atoms with van der Waals surface area (Å²) in [5, 5.41) is 10.3. The van der Waals surface area contributed by atoms with Crippen LogP contribution in [0.2, 0.25) is 0 Å². The molecule has 1 N–H and O–H groups in total. The van der Waals surface area contributed by atoms with Crippen molar-refractivity contribution in [1.82, 2.24) is 15.0 Å². The van der Waals surface area contributed by atoms with Gasteiger partial charge in [0.1, 0.15) is 6.61 Å². The lowest BCUT2D eigenvalue weighted by molar-refractivity contribution is 0.0925. The second kappa shape index (κ2) is 11.2. The van der Waals surface area contributed by atoms with E-state index in [1.165, 1.54) is 24.0 Å². The number of aromatic nitrogens is 3. The van der Waals surface area contributed by atoms with E-state index in [1.54, 1.807) is 0 Å². The Labute approximate surface area is 191 Å². The molecule has 3 rings (SSSR count). The predicted molar refractivity (Wildman–Crippen MR) is 130 cm³/mol. The van der Waals surface area contributed by atoms with Crippen molar-refractivity contribution in [2.45, 2.75) is 72.8 Å². The third kappa shape index (κ3) is 6.36. The van der Waals surface area contributed by atoms with Crippen LogP contribution < -0.4 is 4.74 Å². The van der Waals surface area contributed by atoms with Crippen LogP contribution in [-0.2, 0) is 0 Å². The molecule has 0 amide bonds. The summed E-state index contributed by atoms with van der Waals surface area (Å²) >= 11 is 0. The summed E-state index contributed by atoms with van der Waals surface area (Å²) in [5.74, 6) is 1.17. The van der Waals surface area contributed by atoms with Crippen molar-refractivity contribution in [3.63, 3.8) is 0 Å². The number of ether oxygens (including phenoxy) is 1. The molecule has 32 heavy (non-hydrogen) atoms. The molecular formula is C27H35N3O2.